The summed E-state index contributed by atoms with van der Waals surface area (Å²) in [5, 5.41) is 0. The number of allylic oxidation sites excluding steroid dienone is 1. The zero-order chi connectivity index (χ0) is 12.6. The van der Waals surface area contributed by atoms with Crippen LogP contribution in [-0.4, -0.2) is 0 Å². The van der Waals surface area contributed by atoms with Crippen molar-refractivity contribution in [2.24, 2.45) is 0 Å². The fraction of sp³-hybridized carbons (Fsp3) is 0.385. The first-order valence-corrected chi connectivity index (χ1v) is 18.4. The molecule has 0 N–H and O–H groups in total. The van der Waals surface area contributed by atoms with E-state index in [4.69, 9.17) is 0 Å². The molecule has 0 spiro atoms. The minimum absolute atomic E-state index is 0.515. The minimum atomic E-state index is -2.19. The summed E-state index contributed by atoms with van der Waals surface area (Å²) in [7, 11) is -2.19. The van der Waals surface area contributed by atoms with Crippen LogP contribution in [0.1, 0.15) is 40.3 Å². The van der Waals surface area contributed by atoms with Gasteiger partial charge in [-0.3, -0.25) is 0 Å². The van der Waals surface area contributed by atoms with Crippen LogP contribution in [0, 0.1) is 0 Å². The molecule has 1 aromatic carbocycles. The average molecular weight is 459 g/mol. The molecule has 0 nitrogen and oxygen atoms in total. The van der Waals surface area contributed by atoms with Crippen molar-refractivity contribution in [3.63, 3.8) is 0 Å². The van der Waals surface area contributed by atoms with Gasteiger partial charge in [0.05, 0.1) is 0 Å². The third-order valence-electron chi connectivity index (χ3n) is 3.37. The second kappa shape index (κ2) is 5.62. The molecule has 92 valence electrons. The zero-order valence-corrected chi connectivity index (χ0v) is 16.3. The SMILES string of the molecule is CCc1ccc2c(c1CC)C=C[CH]2[Ti]([Br])([Br])[Br]. The molecule has 1 atom stereocenters. The van der Waals surface area contributed by atoms with Crippen LogP contribution in [0.5, 0.6) is 0 Å². The Labute approximate surface area is 126 Å². The molecule has 1 aliphatic carbocycles. The summed E-state index contributed by atoms with van der Waals surface area (Å²) in [4.78, 5) is 0. The topological polar surface area (TPSA) is 0 Å². The summed E-state index contributed by atoms with van der Waals surface area (Å²) in [6.07, 6.45) is 6.89. The first kappa shape index (κ1) is 14.5. The first-order valence-electron chi connectivity index (χ1n) is 5.88. The average Bonchev–Trinajstić information content (AvgIpc) is 2.70. The molecule has 1 unspecified atom stereocenters. The molecule has 0 fully saturated rings. The Morgan fingerprint density at radius 2 is 1.82 bits per heavy atom. The van der Waals surface area contributed by atoms with E-state index in [2.05, 4.69) is 77.6 Å². The molecule has 2 rings (SSSR count). The summed E-state index contributed by atoms with van der Waals surface area (Å²) in [5.41, 5.74) is 5.96. The third kappa shape index (κ3) is 2.84. The predicted octanol–water partition coefficient (Wildman–Crippen LogP) is 5.96. The number of benzene rings is 1. The van der Waals surface area contributed by atoms with Crippen molar-refractivity contribution in [2.45, 2.75) is 30.9 Å². The Bertz CT molecular complexity index is 460. The summed E-state index contributed by atoms with van der Waals surface area (Å²) in [5.74, 6) is 0. The van der Waals surface area contributed by atoms with Crippen LogP contribution in [0.15, 0.2) is 18.2 Å². The Morgan fingerprint density at radius 3 is 2.35 bits per heavy atom. The quantitative estimate of drug-likeness (QED) is 0.490. The molecule has 17 heavy (non-hydrogen) atoms. The number of rotatable bonds is 3. The zero-order valence-electron chi connectivity index (χ0n) is 9.93. The van der Waals surface area contributed by atoms with E-state index in [9.17, 15) is 0 Å². The van der Waals surface area contributed by atoms with Gasteiger partial charge in [0.25, 0.3) is 0 Å². The molecule has 0 bridgehead atoms. The predicted molar refractivity (Wildman–Crippen MR) is 83.8 cm³/mol. The van der Waals surface area contributed by atoms with Gasteiger partial charge in [0, 0.05) is 0 Å². The van der Waals surface area contributed by atoms with Gasteiger partial charge in [-0.25, -0.2) is 0 Å². The van der Waals surface area contributed by atoms with Crippen LogP contribution in [-0.2, 0) is 23.1 Å². The van der Waals surface area contributed by atoms with E-state index in [0.29, 0.717) is 4.22 Å². The van der Waals surface area contributed by atoms with Crippen molar-refractivity contribution in [1.82, 2.24) is 0 Å². The van der Waals surface area contributed by atoms with Gasteiger partial charge < -0.3 is 0 Å². The molecule has 0 saturated carbocycles. The van der Waals surface area contributed by atoms with E-state index in [1.54, 1.807) is 0 Å². The number of aryl methyl sites for hydroxylation is 1. The number of hydrogen-bond acceptors (Lipinski definition) is 0. The van der Waals surface area contributed by atoms with Crippen molar-refractivity contribution >= 4 is 45.6 Å². The maximum atomic E-state index is 3.83. The van der Waals surface area contributed by atoms with Gasteiger partial charge in [-0.15, -0.1) is 0 Å². The number of fused-ring (bicyclic) bond motifs is 1. The number of halogens is 3. The summed E-state index contributed by atoms with van der Waals surface area (Å²) in [6, 6.07) is 4.61. The second-order valence-corrected chi connectivity index (χ2v) is 35.6. The fourth-order valence-corrected chi connectivity index (χ4v) is 8.90. The molecular weight excluding hydrogens is 444 g/mol. The van der Waals surface area contributed by atoms with Gasteiger partial charge in [0.2, 0.25) is 0 Å². The molecule has 0 aromatic heterocycles. The van der Waals surface area contributed by atoms with E-state index < -0.39 is 10.3 Å². The summed E-state index contributed by atoms with van der Waals surface area (Å²) >= 11 is 11.5. The first-order chi connectivity index (χ1) is 7.99. The summed E-state index contributed by atoms with van der Waals surface area (Å²) in [6.45, 7) is 4.49. The molecule has 0 heterocycles. The third-order valence-corrected chi connectivity index (χ3v) is 11.4. The van der Waals surface area contributed by atoms with Gasteiger partial charge in [-0.05, 0) is 0 Å². The Balaban J connectivity index is 2.54. The van der Waals surface area contributed by atoms with Crippen molar-refractivity contribution in [1.29, 1.82) is 0 Å². The van der Waals surface area contributed by atoms with E-state index >= 15 is 0 Å². The van der Waals surface area contributed by atoms with Crippen molar-refractivity contribution in [3.8, 4) is 0 Å². The van der Waals surface area contributed by atoms with Gasteiger partial charge >= 0.3 is 127 Å². The van der Waals surface area contributed by atoms with Crippen LogP contribution in [0.2, 0.25) is 0 Å². The second-order valence-electron chi connectivity index (χ2n) is 4.29. The van der Waals surface area contributed by atoms with Gasteiger partial charge in [-0.1, -0.05) is 0 Å². The van der Waals surface area contributed by atoms with Crippen LogP contribution in [0.25, 0.3) is 6.08 Å². The van der Waals surface area contributed by atoms with Gasteiger partial charge in [0.15, 0.2) is 0 Å². The Kier molecular flexibility index (Phi) is 4.80. The van der Waals surface area contributed by atoms with E-state index in [0.717, 1.165) is 12.8 Å². The van der Waals surface area contributed by atoms with Crippen LogP contribution in [0.3, 0.4) is 0 Å². The molecule has 1 aliphatic rings. The molecule has 0 radical (unpaired) electrons. The molecule has 0 saturated heterocycles. The molecular formula is C13H15Br3Ti. The molecule has 0 amide bonds. The fourth-order valence-electron chi connectivity index (χ4n) is 2.53. The number of hydrogen-bond donors (Lipinski definition) is 0. The van der Waals surface area contributed by atoms with Crippen LogP contribution < -0.4 is 0 Å². The molecule has 4 heteroatoms. The Morgan fingerprint density at radius 1 is 1.12 bits per heavy atom. The molecule has 1 aromatic rings. The summed E-state index contributed by atoms with van der Waals surface area (Å²) < 4.78 is 0.515. The van der Waals surface area contributed by atoms with Crippen molar-refractivity contribution < 1.29 is 10.3 Å². The van der Waals surface area contributed by atoms with Crippen molar-refractivity contribution in [3.05, 3.63) is 40.5 Å². The Hall–Kier alpha value is 1.11. The van der Waals surface area contributed by atoms with Crippen LogP contribution >= 0.6 is 39.5 Å². The maximum absolute atomic E-state index is 3.83. The van der Waals surface area contributed by atoms with Gasteiger partial charge in [0.1, 0.15) is 0 Å². The van der Waals surface area contributed by atoms with Crippen molar-refractivity contribution in [2.75, 3.05) is 0 Å². The van der Waals surface area contributed by atoms with E-state index in [-0.39, 0.29) is 0 Å². The standard InChI is InChI=1S/C13H15.3BrH.Ti/c1-3-10-8-9-11-6-5-7-13(11)12(10)4-2;;;;/h5-9H,3-4H2,1-2H3;3*1H;/q;;;;+3/p-3. The van der Waals surface area contributed by atoms with Gasteiger partial charge in [-0.2, -0.15) is 0 Å². The van der Waals surface area contributed by atoms with Crippen LogP contribution in [0.4, 0.5) is 0 Å². The monoisotopic (exact) mass is 456 g/mol. The van der Waals surface area contributed by atoms with E-state index in [1.807, 2.05) is 0 Å². The molecule has 0 aliphatic heterocycles. The van der Waals surface area contributed by atoms with E-state index in [1.165, 1.54) is 22.3 Å². The normalized spacial score (nSPS) is 18.5.